The normalized spacial score (nSPS) is 19.5. The van der Waals surface area contributed by atoms with Crippen LogP contribution in [-0.4, -0.2) is 44.6 Å². The Labute approximate surface area is 137 Å². The van der Waals surface area contributed by atoms with Gasteiger partial charge in [0.25, 0.3) is 0 Å². The Morgan fingerprint density at radius 1 is 1.14 bits per heavy atom. The summed E-state index contributed by atoms with van der Waals surface area (Å²) in [5.74, 6) is 1.01. The van der Waals surface area contributed by atoms with Crippen molar-refractivity contribution >= 4 is 10.4 Å². The van der Waals surface area contributed by atoms with E-state index in [9.17, 15) is 8.42 Å². The molecule has 1 saturated heterocycles. The maximum atomic E-state index is 9.56. The zero-order valence-electron chi connectivity index (χ0n) is 14.6. The fourth-order valence-electron chi connectivity index (χ4n) is 2.87. The van der Waals surface area contributed by atoms with Gasteiger partial charge >= 0.3 is 10.4 Å². The van der Waals surface area contributed by atoms with Crippen LogP contribution in [0.1, 0.15) is 71.6 Å². The number of likely N-dealkylation sites (tertiary alicyclic amines) is 1. The molecule has 1 N–H and O–H groups in total. The van der Waals surface area contributed by atoms with E-state index in [1.165, 1.54) is 77.8 Å². The van der Waals surface area contributed by atoms with Crippen molar-refractivity contribution in [3.63, 3.8) is 0 Å². The van der Waals surface area contributed by atoms with Gasteiger partial charge in [-0.2, -0.15) is 8.42 Å². The Morgan fingerprint density at radius 2 is 1.77 bits per heavy atom. The second kappa shape index (κ2) is 13.3. The van der Waals surface area contributed by atoms with Gasteiger partial charge in [0, 0.05) is 6.54 Å². The van der Waals surface area contributed by atoms with Gasteiger partial charge < -0.3 is 4.90 Å². The summed E-state index contributed by atoms with van der Waals surface area (Å²) in [6, 6.07) is 0. The minimum Gasteiger partial charge on any atom is -0.306 e. The first-order valence-electron chi connectivity index (χ1n) is 8.69. The van der Waals surface area contributed by atoms with E-state index in [1.54, 1.807) is 0 Å². The minimum absolute atomic E-state index is 0.0289. The first-order valence-corrected chi connectivity index (χ1v) is 10.1. The summed E-state index contributed by atoms with van der Waals surface area (Å²) < 4.78 is 30.7. The molecule has 0 bridgehead atoms. The molecular weight excluding hydrogens is 302 g/mol. The summed E-state index contributed by atoms with van der Waals surface area (Å²) in [6.07, 6.45) is 13.1. The van der Waals surface area contributed by atoms with Crippen LogP contribution in [0.5, 0.6) is 0 Å². The smallest absolute Gasteiger partial charge is 0.306 e. The van der Waals surface area contributed by atoms with E-state index in [0.29, 0.717) is 0 Å². The summed E-state index contributed by atoms with van der Waals surface area (Å²) >= 11 is 0. The molecule has 6 heteroatoms. The van der Waals surface area contributed by atoms with Crippen molar-refractivity contribution in [2.45, 2.75) is 71.6 Å². The lowest BCUT2D eigenvalue weighted by Crippen LogP contribution is -2.31. The van der Waals surface area contributed by atoms with E-state index in [0.717, 1.165) is 5.92 Å². The highest BCUT2D eigenvalue weighted by Gasteiger charge is 2.16. The van der Waals surface area contributed by atoms with Gasteiger partial charge in [0.1, 0.15) is 0 Å². The molecule has 1 atom stereocenters. The van der Waals surface area contributed by atoms with Crippen molar-refractivity contribution in [1.29, 1.82) is 0 Å². The first-order chi connectivity index (χ1) is 10.4. The molecule has 0 aromatic heterocycles. The number of nitrogens with zero attached hydrogens (tertiary/aromatic N) is 1. The summed E-state index contributed by atoms with van der Waals surface area (Å²) in [7, 11) is -1.90. The zero-order valence-corrected chi connectivity index (χ0v) is 15.4. The molecule has 1 rings (SSSR count). The van der Waals surface area contributed by atoms with Crippen molar-refractivity contribution in [1.82, 2.24) is 4.90 Å². The molecule has 22 heavy (non-hydrogen) atoms. The minimum atomic E-state index is -4.17. The molecule has 1 heterocycles. The van der Waals surface area contributed by atoms with Crippen LogP contribution in [0.15, 0.2) is 0 Å². The van der Waals surface area contributed by atoms with Gasteiger partial charge in [-0.1, -0.05) is 45.4 Å². The van der Waals surface area contributed by atoms with Crippen LogP contribution in [0.25, 0.3) is 0 Å². The molecule has 0 spiro atoms. The highest BCUT2D eigenvalue weighted by atomic mass is 32.3. The third-order valence-electron chi connectivity index (χ3n) is 3.95. The molecule has 1 aliphatic rings. The van der Waals surface area contributed by atoms with E-state index in [2.05, 4.69) is 23.1 Å². The molecule has 0 aliphatic carbocycles. The zero-order chi connectivity index (χ0) is 16.8. The highest BCUT2D eigenvalue weighted by molar-refractivity contribution is 7.80. The largest absolute Gasteiger partial charge is 0.397 e. The summed E-state index contributed by atoms with van der Waals surface area (Å²) in [6.45, 7) is 6.41. The molecule has 134 valence electrons. The van der Waals surface area contributed by atoms with Gasteiger partial charge in [0.15, 0.2) is 0 Å². The molecular formula is C16H35NO4S. The maximum Gasteiger partial charge on any atom is 0.397 e. The molecule has 1 unspecified atom stereocenters. The number of hydrogen-bond acceptors (Lipinski definition) is 4. The number of unbranched alkanes of at least 4 members (excludes halogenated alkanes) is 5. The van der Waals surface area contributed by atoms with Crippen molar-refractivity contribution in [2.75, 3.05) is 26.7 Å². The van der Waals surface area contributed by atoms with Crippen LogP contribution < -0.4 is 0 Å². The average molecular weight is 338 g/mol. The second-order valence-corrected chi connectivity index (χ2v) is 7.25. The van der Waals surface area contributed by atoms with Gasteiger partial charge in [0.05, 0.1) is 6.61 Å². The maximum absolute atomic E-state index is 9.56. The van der Waals surface area contributed by atoms with Gasteiger partial charge in [-0.15, -0.1) is 0 Å². The summed E-state index contributed by atoms with van der Waals surface area (Å²) in [5, 5.41) is 0. The third kappa shape index (κ3) is 14.8. The molecule has 0 amide bonds. The number of piperidine rings is 1. The van der Waals surface area contributed by atoms with Gasteiger partial charge in [0.2, 0.25) is 0 Å². The monoisotopic (exact) mass is 337 g/mol. The molecule has 0 aromatic rings. The van der Waals surface area contributed by atoms with E-state index in [1.807, 2.05) is 0 Å². The Morgan fingerprint density at radius 3 is 2.27 bits per heavy atom. The van der Waals surface area contributed by atoms with Crippen LogP contribution in [0.4, 0.5) is 0 Å². The van der Waals surface area contributed by atoms with E-state index in [-0.39, 0.29) is 6.61 Å². The van der Waals surface area contributed by atoms with Crippen molar-refractivity contribution < 1.29 is 17.2 Å². The first kappa shape index (κ1) is 21.8. The van der Waals surface area contributed by atoms with Crippen LogP contribution in [0, 0.1) is 5.92 Å². The summed E-state index contributed by atoms with van der Waals surface area (Å²) in [5.41, 5.74) is 0. The van der Waals surface area contributed by atoms with Crippen LogP contribution in [-0.2, 0) is 14.6 Å². The van der Waals surface area contributed by atoms with Crippen molar-refractivity contribution in [2.24, 2.45) is 5.92 Å². The molecule has 1 aliphatic heterocycles. The molecule has 0 saturated carbocycles. The van der Waals surface area contributed by atoms with Crippen LogP contribution >= 0.6 is 0 Å². The lowest BCUT2D eigenvalue weighted by atomic mass is 9.92. The van der Waals surface area contributed by atoms with Gasteiger partial charge in [-0.05, 0) is 45.7 Å². The Kier molecular flexibility index (Phi) is 13.2. The highest BCUT2D eigenvalue weighted by Crippen LogP contribution is 2.21. The lowest BCUT2D eigenvalue weighted by molar-refractivity contribution is 0.199. The van der Waals surface area contributed by atoms with E-state index in [4.69, 9.17) is 4.55 Å². The van der Waals surface area contributed by atoms with E-state index < -0.39 is 10.4 Å². The van der Waals surface area contributed by atoms with Crippen molar-refractivity contribution in [3.05, 3.63) is 0 Å². The molecule has 1 fully saturated rings. The van der Waals surface area contributed by atoms with Crippen LogP contribution in [0.2, 0.25) is 0 Å². The third-order valence-corrected chi connectivity index (χ3v) is 4.49. The Hall–Kier alpha value is -0.170. The van der Waals surface area contributed by atoms with Gasteiger partial charge in [-0.3, -0.25) is 4.55 Å². The van der Waals surface area contributed by atoms with Gasteiger partial charge in [-0.25, -0.2) is 4.18 Å². The number of rotatable bonds is 9. The molecule has 0 aromatic carbocycles. The average Bonchev–Trinajstić information content (AvgIpc) is 2.42. The standard InChI is InChI=1S/C14H29N.C2H6O4S/c1-3-4-5-6-7-8-10-14-11-9-12-15(2)13-14;1-2-6-7(3,4)5/h14H,3-13H2,1-2H3;2H2,1H3,(H,3,4,5). The fourth-order valence-corrected chi connectivity index (χ4v) is 3.17. The summed E-state index contributed by atoms with van der Waals surface area (Å²) in [4.78, 5) is 2.51. The molecule has 0 radical (unpaired) electrons. The predicted molar refractivity (Wildman–Crippen MR) is 91.4 cm³/mol. The number of hydrogen-bond donors (Lipinski definition) is 1. The SMILES string of the molecule is CCCCCCCCC1CCCN(C)C1.CCOS(=O)(=O)O. The topological polar surface area (TPSA) is 66.8 Å². The quantitative estimate of drug-likeness (QED) is 0.510. The predicted octanol–water partition coefficient (Wildman–Crippen LogP) is 3.90. The van der Waals surface area contributed by atoms with E-state index >= 15 is 0 Å². The Balaban J connectivity index is 0.000000534. The van der Waals surface area contributed by atoms with Crippen molar-refractivity contribution in [3.8, 4) is 0 Å². The molecule has 5 nitrogen and oxygen atoms in total. The lowest BCUT2D eigenvalue weighted by Gasteiger charge is -2.29. The fraction of sp³-hybridized carbons (Fsp3) is 1.00. The van der Waals surface area contributed by atoms with Crippen LogP contribution in [0.3, 0.4) is 0 Å². The second-order valence-electron chi connectivity index (χ2n) is 6.16. The Bertz CT molecular complexity index is 346.